The number of halogens is 2. The number of aliphatic hydroxyl groups excluding tert-OH is 1. The van der Waals surface area contributed by atoms with Crippen LogP contribution in [0.15, 0.2) is 70.5 Å². The Labute approximate surface area is 290 Å². The predicted octanol–water partition coefficient (Wildman–Crippen LogP) is 5.17. The van der Waals surface area contributed by atoms with E-state index in [1.807, 2.05) is 32.9 Å². The van der Waals surface area contributed by atoms with Crippen molar-refractivity contribution in [2.75, 3.05) is 36.4 Å². The van der Waals surface area contributed by atoms with Gasteiger partial charge in [0.05, 0.1) is 41.5 Å². The highest BCUT2D eigenvalue weighted by atomic mass is 35.5. The summed E-state index contributed by atoms with van der Waals surface area (Å²) in [5.74, 6) is -0.139. The highest BCUT2D eigenvalue weighted by Gasteiger charge is 2.22. The predicted molar refractivity (Wildman–Crippen MR) is 194 cm³/mol. The van der Waals surface area contributed by atoms with E-state index in [1.165, 1.54) is 24.0 Å². The molecule has 11 nitrogen and oxygen atoms in total. The molecule has 6 rings (SSSR count). The van der Waals surface area contributed by atoms with Crippen molar-refractivity contribution < 1.29 is 9.50 Å². The lowest BCUT2D eigenvalue weighted by Gasteiger charge is -2.38. The van der Waals surface area contributed by atoms with Crippen LogP contribution in [0, 0.1) is 5.82 Å². The lowest BCUT2D eigenvalue weighted by atomic mass is 9.86. The van der Waals surface area contributed by atoms with Crippen LogP contribution in [0.5, 0.6) is 0 Å². The normalized spacial score (nSPS) is 13.9. The van der Waals surface area contributed by atoms with Crippen LogP contribution in [-0.2, 0) is 19.1 Å². The van der Waals surface area contributed by atoms with Crippen molar-refractivity contribution in [2.24, 2.45) is 7.05 Å². The molecule has 0 aliphatic carbocycles. The zero-order chi connectivity index (χ0) is 34.3. The van der Waals surface area contributed by atoms with Crippen LogP contribution in [0.2, 0.25) is 0 Å². The van der Waals surface area contributed by atoms with E-state index in [0.717, 1.165) is 42.1 Å². The molecular formula is C36H42ClFN8O3. The summed E-state index contributed by atoms with van der Waals surface area (Å²) in [5.41, 5.74) is 2.15. The smallest absolute Gasteiger partial charge is 0.290 e. The quantitative estimate of drug-likeness (QED) is 0.239. The summed E-state index contributed by atoms with van der Waals surface area (Å²) in [6.45, 7) is 13.7. The van der Waals surface area contributed by atoms with Gasteiger partial charge in [-0.2, -0.15) is 14.9 Å². The molecule has 0 saturated carbocycles. The topological polar surface area (TPSA) is 121 Å². The second-order valence-electron chi connectivity index (χ2n) is 13.5. The minimum Gasteiger partial charge on any atom is -0.392 e. The third-order valence-corrected chi connectivity index (χ3v) is 9.00. The fourth-order valence-electron chi connectivity index (χ4n) is 6.13. The highest BCUT2D eigenvalue weighted by Crippen LogP contribution is 2.30. The fourth-order valence-corrected chi connectivity index (χ4v) is 6.13. The van der Waals surface area contributed by atoms with Gasteiger partial charge in [-0.1, -0.05) is 32.9 Å². The molecule has 3 aromatic heterocycles. The molecule has 0 radical (unpaired) electrons. The molecule has 49 heavy (non-hydrogen) atoms. The monoisotopic (exact) mass is 688 g/mol. The van der Waals surface area contributed by atoms with Crippen molar-refractivity contribution in [1.82, 2.24) is 29.4 Å². The first-order chi connectivity index (χ1) is 22.8. The van der Waals surface area contributed by atoms with E-state index in [1.54, 1.807) is 36.5 Å². The molecule has 1 aliphatic rings. The third kappa shape index (κ3) is 7.08. The number of benzene rings is 2. The van der Waals surface area contributed by atoms with Gasteiger partial charge >= 0.3 is 0 Å². The van der Waals surface area contributed by atoms with E-state index in [-0.39, 0.29) is 40.1 Å². The molecule has 258 valence electrons. The zero-order valence-electron chi connectivity index (χ0n) is 28.6. The Morgan fingerprint density at radius 3 is 2.35 bits per heavy atom. The maximum atomic E-state index is 15.4. The number of aryl methyl sites for hydroxylation is 1. The number of anilines is 3. The van der Waals surface area contributed by atoms with E-state index in [9.17, 15) is 14.7 Å². The maximum Gasteiger partial charge on any atom is 0.290 e. The number of fused-ring (bicyclic) bond motifs is 1. The number of hydrogen-bond donors (Lipinski definition) is 2. The molecule has 1 aliphatic heterocycles. The number of piperazine rings is 1. The standard InChI is InChI=1S/C36H41FN8O3.ClH/c1-22(2)43-12-14-44(15-13-43)25-10-11-32(38-20-25)40-30-18-29(41-42(6)34(30)47)26-8-7-9-31(27(26)21-46)45-35(48)33-23(19-39-45)16-24(17-28(33)37)36(3,4)5;/h7-11,16-20,22,46H,12-15,21H2,1-6H3,(H,38,40);1H. The Hall–Kier alpha value is -4.65. The average Bonchev–Trinajstić information content (AvgIpc) is 3.06. The second kappa shape index (κ2) is 14.1. The first-order valence-electron chi connectivity index (χ1n) is 16.1. The molecule has 0 amide bonds. The van der Waals surface area contributed by atoms with Crippen molar-refractivity contribution in [3.05, 3.63) is 98.6 Å². The lowest BCUT2D eigenvalue weighted by molar-refractivity contribution is 0.209. The summed E-state index contributed by atoms with van der Waals surface area (Å²) < 4.78 is 17.7. The van der Waals surface area contributed by atoms with E-state index in [2.05, 4.69) is 44.1 Å². The Morgan fingerprint density at radius 2 is 1.71 bits per heavy atom. The summed E-state index contributed by atoms with van der Waals surface area (Å²) in [7, 11) is 1.54. The molecule has 0 atom stereocenters. The largest absolute Gasteiger partial charge is 0.392 e. The summed E-state index contributed by atoms with van der Waals surface area (Å²) >= 11 is 0. The molecule has 0 unspecified atom stereocenters. The highest BCUT2D eigenvalue weighted by molar-refractivity contribution is 5.85. The zero-order valence-corrected chi connectivity index (χ0v) is 29.4. The SMILES string of the molecule is CC(C)N1CCN(c2ccc(Nc3cc(-c4cccc(-n5ncc6cc(C(C)(C)C)cc(F)c6c5=O)c4CO)nn(C)c3=O)nc2)CC1.Cl. The van der Waals surface area contributed by atoms with E-state index < -0.39 is 18.0 Å². The second-order valence-corrected chi connectivity index (χ2v) is 13.5. The first-order valence-corrected chi connectivity index (χ1v) is 16.1. The minimum absolute atomic E-state index is 0. The van der Waals surface area contributed by atoms with Gasteiger partial charge in [0, 0.05) is 55.8 Å². The van der Waals surface area contributed by atoms with Gasteiger partial charge in [-0.05, 0) is 61.2 Å². The van der Waals surface area contributed by atoms with Gasteiger partial charge < -0.3 is 15.3 Å². The number of nitrogens with one attached hydrogen (secondary N) is 1. The Balaban J connectivity index is 0.00000468. The number of aromatic nitrogens is 5. The Kier molecular flexibility index (Phi) is 10.2. The van der Waals surface area contributed by atoms with Gasteiger partial charge in [0.2, 0.25) is 0 Å². The summed E-state index contributed by atoms with van der Waals surface area (Å²) in [6, 6.07) is 14.2. The number of rotatable bonds is 7. The molecule has 0 bridgehead atoms. The molecule has 1 saturated heterocycles. The molecule has 2 N–H and O–H groups in total. The summed E-state index contributed by atoms with van der Waals surface area (Å²) in [5, 5.41) is 22.8. The fraction of sp³-hybridized carbons (Fsp3) is 0.361. The van der Waals surface area contributed by atoms with Gasteiger partial charge in [-0.3, -0.25) is 14.5 Å². The minimum atomic E-state index is -0.649. The maximum absolute atomic E-state index is 15.4. The molecular weight excluding hydrogens is 647 g/mol. The van der Waals surface area contributed by atoms with Crippen molar-refractivity contribution in [2.45, 2.75) is 52.7 Å². The molecule has 1 fully saturated rings. The molecule has 0 spiro atoms. The van der Waals surface area contributed by atoms with Crippen LogP contribution in [0.4, 0.5) is 21.6 Å². The van der Waals surface area contributed by atoms with Crippen molar-refractivity contribution in [1.29, 1.82) is 0 Å². The van der Waals surface area contributed by atoms with Crippen molar-refractivity contribution in [3.63, 3.8) is 0 Å². The van der Waals surface area contributed by atoms with Gasteiger partial charge in [0.15, 0.2) is 0 Å². The van der Waals surface area contributed by atoms with Crippen molar-refractivity contribution in [3.8, 4) is 16.9 Å². The first kappa shape index (κ1) is 35.7. The molecule has 13 heteroatoms. The van der Waals surface area contributed by atoms with Crippen LogP contribution < -0.4 is 21.3 Å². The Bertz CT molecular complexity index is 2100. The van der Waals surface area contributed by atoms with Crippen LogP contribution in [0.1, 0.15) is 45.7 Å². The number of hydrogen-bond acceptors (Lipinski definition) is 9. The van der Waals surface area contributed by atoms with Crippen LogP contribution in [-0.4, -0.2) is 66.8 Å². The number of pyridine rings is 1. The average molecular weight is 689 g/mol. The van der Waals surface area contributed by atoms with E-state index in [4.69, 9.17) is 0 Å². The number of aliphatic hydroxyl groups is 1. The molecule has 5 aromatic rings. The van der Waals surface area contributed by atoms with Crippen LogP contribution in [0.3, 0.4) is 0 Å². The van der Waals surface area contributed by atoms with Gasteiger partial charge in [-0.25, -0.2) is 14.1 Å². The molecule has 4 heterocycles. The van der Waals surface area contributed by atoms with E-state index in [0.29, 0.717) is 34.1 Å². The van der Waals surface area contributed by atoms with Crippen LogP contribution in [0.25, 0.3) is 27.7 Å². The number of nitrogens with zero attached hydrogens (tertiary/aromatic N) is 7. The summed E-state index contributed by atoms with van der Waals surface area (Å²) in [6.07, 6.45) is 3.26. The van der Waals surface area contributed by atoms with Gasteiger partial charge in [-0.15, -0.1) is 12.4 Å². The molecule has 2 aromatic carbocycles. The van der Waals surface area contributed by atoms with E-state index >= 15 is 4.39 Å². The lowest BCUT2D eigenvalue weighted by Crippen LogP contribution is -2.48. The third-order valence-electron chi connectivity index (χ3n) is 9.00. The van der Waals surface area contributed by atoms with Crippen molar-refractivity contribution >= 4 is 40.4 Å². The Morgan fingerprint density at radius 1 is 0.980 bits per heavy atom. The van der Waals surface area contributed by atoms with Crippen LogP contribution >= 0.6 is 12.4 Å². The van der Waals surface area contributed by atoms with Gasteiger partial charge in [0.1, 0.15) is 17.3 Å². The summed E-state index contributed by atoms with van der Waals surface area (Å²) in [4.78, 5) is 36.1. The van der Waals surface area contributed by atoms with Gasteiger partial charge in [0.25, 0.3) is 11.1 Å².